The molecular weight excluding hydrogens is 230 g/mol. The fourth-order valence-corrected chi connectivity index (χ4v) is 1.48. The molecule has 0 unspecified atom stereocenters. The van der Waals surface area contributed by atoms with Crippen molar-refractivity contribution in [3.63, 3.8) is 0 Å². The maximum Gasteiger partial charge on any atom is 0.408 e. The highest BCUT2D eigenvalue weighted by Crippen LogP contribution is 2.15. The van der Waals surface area contributed by atoms with Crippen LogP contribution >= 0.6 is 0 Å². The van der Waals surface area contributed by atoms with Crippen LogP contribution in [0.3, 0.4) is 0 Å². The van der Waals surface area contributed by atoms with Gasteiger partial charge in [0.15, 0.2) is 0 Å². The van der Waals surface area contributed by atoms with Gasteiger partial charge < -0.3 is 15.2 Å². The first-order valence-corrected chi connectivity index (χ1v) is 5.99. The number of ether oxygens (including phenoxy) is 1. The van der Waals surface area contributed by atoms with Crippen LogP contribution in [0.1, 0.15) is 37.9 Å². The molecule has 0 saturated heterocycles. The SMILES string of the molecule is Cc1ccc([C@H](CO)NC(=O)OC(C)(C)C)cc1. The number of aryl methyl sites for hydroxylation is 1. The second-order valence-electron chi connectivity index (χ2n) is 5.29. The van der Waals surface area contributed by atoms with E-state index in [2.05, 4.69) is 5.32 Å². The maximum atomic E-state index is 11.6. The van der Waals surface area contributed by atoms with E-state index < -0.39 is 17.7 Å². The fourth-order valence-electron chi connectivity index (χ4n) is 1.48. The molecule has 1 rings (SSSR count). The summed E-state index contributed by atoms with van der Waals surface area (Å²) in [5.74, 6) is 0. The molecule has 1 aromatic rings. The van der Waals surface area contributed by atoms with Gasteiger partial charge in [0.2, 0.25) is 0 Å². The molecule has 18 heavy (non-hydrogen) atoms. The molecule has 0 spiro atoms. The van der Waals surface area contributed by atoms with E-state index in [4.69, 9.17) is 4.74 Å². The van der Waals surface area contributed by atoms with Gasteiger partial charge in [-0.05, 0) is 33.3 Å². The van der Waals surface area contributed by atoms with Crippen LogP contribution in [0, 0.1) is 6.92 Å². The molecule has 0 fully saturated rings. The van der Waals surface area contributed by atoms with Gasteiger partial charge in [0, 0.05) is 0 Å². The van der Waals surface area contributed by atoms with Gasteiger partial charge in [-0.2, -0.15) is 0 Å². The molecule has 0 radical (unpaired) electrons. The van der Waals surface area contributed by atoms with Crippen LogP contribution in [0.4, 0.5) is 4.79 Å². The molecule has 0 aliphatic rings. The zero-order valence-corrected chi connectivity index (χ0v) is 11.4. The monoisotopic (exact) mass is 251 g/mol. The van der Waals surface area contributed by atoms with Crippen molar-refractivity contribution in [3.05, 3.63) is 35.4 Å². The maximum absolute atomic E-state index is 11.6. The van der Waals surface area contributed by atoms with Crippen molar-refractivity contribution >= 4 is 6.09 Å². The summed E-state index contributed by atoms with van der Waals surface area (Å²) >= 11 is 0. The van der Waals surface area contributed by atoms with Crippen molar-refractivity contribution in [1.29, 1.82) is 0 Å². The lowest BCUT2D eigenvalue weighted by atomic mass is 10.1. The third-order valence-electron chi connectivity index (χ3n) is 2.35. The highest BCUT2D eigenvalue weighted by molar-refractivity contribution is 5.68. The molecule has 4 heteroatoms. The lowest BCUT2D eigenvalue weighted by molar-refractivity contribution is 0.0482. The van der Waals surface area contributed by atoms with Crippen molar-refractivity contribution in [2.24, 2.45) is 0 Å². The number of amides is 1. The van der Waals surface area contributed by atoms with E-state index in [-0.39, 0.29) is 6.61 Å². The third kappa shape index (κ3) is 4.75. The van der Waals surface area contributed by atoms with Crippen LogP contribution in [0.2, 0.25) is 0 Å². The normalized spacial score (nSPS) is 12.9. The summed E-state index contributed by atoms with van der Waals surface area (Å²) in [6.45, 7) is 7.21. The number of rotatable bonds is 3. The van der Waals surface area contributed by atoms with Crippen molar-refractivity contribution in [2.75, 3.05) is 6.61 Å². The summed E-state index contributed by atoms with van der Waals surface area (Å²) in [5.41, 5.74) is 1.44. The average Bonchev–Trinajstić information content (AvgIpc) is 2.25. The number of hydrogen-bond donors (Lipinski definition) is 2. The molecule has 4 nitrogen and oxygen atoms in total. The van der Waals surface area contributed by atoms with E-state index >= 15 is 0 Å². The van der Waals surface area contributed by atoms with Gasteiger partial charge in [-0.3, -0.25) is 0 Å². The zero-order chi connectivity index (χ0) is 13.8. The summed E-state index contributed by atoms with van der Waals surface area (Å²) in [6.07, 6.45) is -0.526. The first-order chi connectivity index (χ1) is 8.31. The Morgan fingerprint density at radius 2 is 1.89 bits per heavy atom. The molecule has 0 saturated carbocycles. The van der Waals surface area contributed by atoms with E-state index in [1.807, 2.05) is 31.2 Å². The highest BCUT2D eigenvalue weighted by atomic mass is 16.6. The number of carbonyl (C=O) groups excluding carboxylic acids is 1. The van der Waals surface area contributed by atoms with Gasteiger partial charge in [-0.25, -0.2) is 4.79 Å². The van der Waals surface area contributed by atoms with Crippen molar-refractivity contribution < 1.29 is 14.6 Å². The van der Waals surface area contributed by atoms with Crippen LogP contribution < -0.4 is 5.32 Å². The molecule has 0 heterocycles. The number of alkyl carbamates (subject to hydrolysis) is 1. The van der Waals surface area contributed by atoms with Gasteiger partial charge in [0.05, 0.1) is 12.6 Å². The average molecular weight is 251 g/mol. The first-order valence-electron chi connectivity index (χ1n) is 5.99. The van der Waals surface area contributed by atoms with E-state index in [0.29, 0.717) is 0 Å². The number of hydrogen-bond acceptors (Lipinski definition) is 3. The summed E-state index contributed by atoms with van der Waals surface area (Å²) in [6, 6.07) is 7.20. The minimum absolute atomic E-state index is 0.164. The Morgan fingerprint density at radius 1 is 1.33 bits per heavy atom. The number of nitrogens with one attached hydrogen (secondary N) is 1. The summed E-state index contributed by atoms with van der Waals surface area (Å²) in [5, 5.41) is 12.0. The minimum Gasteiger partial charge on any atom is -0.444 e. The third-order valence-corrected chi connectivity index (χ3v) is 2.35. The number of aliphatic hydroxyl groups is 1. The highest BCUT2D eigenvalue weighted by Gasteiger charge is 2.19. The molecule has 2 N–H and O–H groups in total. The number of carbonyl (C=O) groups is 1. The van der Waals surface area contributed by atoms with Gasteiger partial charge >= 0.3 is 6.09 Å². The Labute approximate surface area is 108 Å². The van der Waals surface area contributed by atoms with E-state index in [0.717, 1.165) is 11.1 Å². The molecular formula is C14H21NO3. The van der Waals surface area contributed by atoms with Crippen molar-refractivity contribution in [2.45, 2.75) is 39.3 Å². The summed E-state index contributed by atoms with van der Waals surface area (Å²) < 4.78 is 5.15. The predicted octanol–water partition coefficient (Wildman–Crippen LogP) is 2.55. The first kappa shape index (κ1) is 14.5. The molecule has 1 atom stereocenters. The molecule has 0 aliphatic carbocycles. The fraction of sp³-hybridized carbons (Fsp3) is 0.500. The van der Waals surface area contributed by atoms with Gasteiger partial charge in [0.25, 0.3) is 0 Å². The molecule has 1 aromatic carbocycles. The van der Waals surface area contributed by atoms with Crippen LogP contribution in [0.5, 0.6) is 0 Å². The Balaban J connectivity index is 2.68. The lowest BCUT2D eigenvalue weighted by Crippen LogP contribution is -2.36. The molecule has 1 amide bonds. The topological polar surface area (TPSA) is 58.6 Å². The van der Waals surface area contributed by atoms with E-state index in [1.165, 1.54) is 0 Å². The Bertz CT molecular complexity index is 392. The van der Waals surface area contributed by atoms with Crippen LogP contribution in [-0.2, 0) is 4.74 Å². The molecule has 0 aliphatic heterocycles. The van der Waals surface area contributed by atoms with Gasteiger partial charge in [0.1, 0.15) is 5.60 Å². The lowest BCUT2D eigenvalue weighted by Gasteiger charge is -2.23. The Hall–Kier alpha value is -1.55. The van der Waals surface area contributed by atoms with Crippen LogP contribution in [0.25, 0.3) is 0 Å². The second-order valence-corrected chi connectivity index (χ2v) is 5.29. The number of aliphatic hydroxyl groups excluding tert-OH is 1. The largest absolute Gasteiger partial charge is 0.444 e. The molecule has 100 valence electrons. The van der Waals surface area contributed by atoms with E-state index in [9.17, 15) is 9.90 Å². The van der Waals surface area contributed by atoms with Crippen LogP contribution in [0.15, 0.2) is 24.3 Å². The van der Waals surface area contributed by atoms with Crippen molar-refractivity contribution in [3.8, 4) is 0 Å². The standard InChI is InChI=1S/C14H21NO3/c1-10-5-7-11(8-6-10)12(9-16)15-13(17)18-14(2,3)4/h5-8,12,16H,9H2,1-4H3,(H,15,17)/t12-/m0/s1. The second kappa shape index (κ2) is 5.87. The molecule has 0 aromatic heterocycles. The zero-order valence-electron chi connectivity index (χ0n) is 11.4. The van der Waals surface area contributed by atoms with Gasteiger partial charge in [-0.1, -0.05) is 29.8 Å². The summed E-state index contributed by atoms with van der Waals surface area (Å²) in [7, 11) is 0. The minimum atomic E-state index is -0.544. The number of benzene rings is 1. The van der Waals surface area contributed by atoms with Crippen LogP contribution in [-0.4, -0.2) is 23.4 Å². The molecule has 0 bridgehead atoms. The Morgan fingerprint density at radius 3 is 2.33 bits per heavy atom. The predicted molar refractivity (Wildman–Crippen MR) is 70.4 cm³/mol. The Kier molecular flexibility index (Phi) is 4.73. The van der Waals surface area contributed by atoms with Crippen molar-refractivity contribution in [1.82, 2.24) is 5.32 Å². The smallest absolute Gasteiger partial charge is 0.408 e. The summed E-state index contributed by atoms with van der Waals surface area (Å²) in [4.78, 5) is 11.6. The van der Waals surface area contributed by atoms with Gasteiger partial charge in [-0.15, -0.1) is 0 Å². The quantitative estimate of drug-likeness (QED) is 0.868. The van der Waals surface area contributed by atoms with E-state index in [1.54, 1.807) is 20.8 Å².